The predicted octanol–water partition coefficient (Wildman–Crippen LogP) is 8.80. The summed E-state index contributed by atoms with van der Waals surface area (Å²) in [6.07, 6.45) is -5.59. The van der Waals surface area contributed by atoms with Crippen molar-refractivity contribution in [2.24, 2.45) is 0 Å². The summed E-state index contributed by atoms with van der Waals surface area (Å²) >= 11 is 5.88. The van der Waals surface area contributed by atoms with Crippen molar-refractivity contribution in [2.45, 2.75) is 32.3 Å². The number of hydrogen-bond donors (Lipinski definition) is 0. The standard InChI is InChI=1S/C25H17ClF8O2/c1-2-3-13-4-5-16(18(27)8-13)14-9-17(26)23(19(28)10-14)25(33,34)36-15-11-20(29)24(21(30)12-15)35-7-6-22(31)32/h4-12,22H,2-3H2,1H3/b7-6+. The zero-order valence-electron chi connectivity index (χ0n) is 18.4. The molecule has 2 nitrogen and oxygen atoms in total. The van der Waals surface area contributed by atoms with Crippen LogP contribution in [0.4, 0.5) is 35.1 Å². The molecule has 11 heteroatoms. The van der Waals surface area contributed by atoms with Gasteiger partial charge in [0.2, 0.25) is 0 Å². The monoisotopic (exact) mass is 536 g/mol. The Labute approximate surface area is 205 Å². The number of ether oxygens (including phenoxy) is 2. The normalized spacial score (nSPS) is 12.0. The lowest BCUT2D eigenvalue weighted by atomic mass is 9.99. The Morgan fingerprint density at radius 2 is 1.58 bits per heavy atom. The first-order valence-electron chi connectivity index (χ1n) is 10.4. The molecule has 0 aliphatic heterocycles. The molecule has 3 rings (SSSR count). The second kappa shape index (κ2) is 11.2. The van der Waals surface area contributed by atoms with E-state index in [2.05, 4.69) is 9.47 Å². The first-order chi connectivity index (χ1) is 16.9. The molecule has 3 aromatic carbocycles. The highest BCUT2D eigenvalue weighted by molar-refractivity contribution is 6.31. The Kier molecular flexibility index (Phi) is 8.50. The number of aryl methyl sites for hydroxylation is 1. The number of allylic oxidation sites excluding steroid dienone is 1. The van der Waals surface area contributed by atoms with Crippen LogP contribution >= 0.6 is 11.6 Å². The van der Waals surface area contributed by atoms with Gasteiger partial charge in [0.25, 0.3) is 6.43 Å². The van der Waals surface area contributed by atoms with Gasteiger partial charge in [0.1, 0.15) is 22.9 Å². The molecule has 0 amide bonds. The largest absolute Gasteiger partial charge is 0.459 e. The van der Waals surface area contributed by atoms with E-state index >= 15 is 0 Å². The quantitative estimate of drug-likeness (QED) is 0.201. The van der Waals surface area contributed by atoms with Crippen LogP contribution in [0.2, 0.25) is 5.02 Å². The Hall–Kier alpha value is -3.27. The highest BCUT2D eigenvalue weighted by Crippen LogP contribution is 2.41. The van der Waals surface area contributed by atoms with Gasteiger partial charge in [-0.1, -0.05) is 37.1 Å². The predicted molar refractivity (Wildman–Crippen MR) is 117 cm³/mol. The lowest BCUT2D eigenvalue weighted by molar-refractivity contribution is -0.187. The van der Waals surface area contributed by atoms with E-state index in [1.54, 1.807) is 6.07 Å². The van der Waals surface area contributed by atoms with E-state index in [-0.39, 0.29) is 29.3 Å². The summed E-state index contributed by atoms with van der Waals surface area (Å²) in [7, 11) is 0. The van der Waals surface area contributed by atoms with Gasteiger partial charge in [0.05, 0.1) is 11.3 Å². The third-order valence-electron chi connectivity index (χ3n) is 4.84. The summed E-state index contributed by atoms with van der Waals surface area (Å²) < 4.78 is 120. The Morgan fingerprint density at radius 1 is 0.917 bits per heavy atom. The highest BCUT2D eigenvalue weighted by Gasteiger charge is 2.41. The SMILES string of the molecule is CCCc1ccc(-c2cc(F)c(C(F)(F)Oc3cc(F)c(O/C=C/C(F)F)c(F)c3)c(Cl)c2)c(F)c1. The Balaban J connectivity index is 1.90. The molecule has 36 heavy (non-hydrogen) atoms. The van der Waals surface area contributed by atoms with Crippen LogP contribution < -0.4 is 9.47 Å². The number of alkyl halides is 4. The lowest BCUT2D eigenvalue weighted by Crippen LogP contribution is -2.24. The van der Waals surface area contributed by atoms with Crippen LogP contribution in [0, 0.1) is 23.3 Å². The fourth-order valence-electron chi connectivity index (χ4n) is 3.32. The van der Waals surface area contributed by atoms with Crippen molar-refractivity contribution in [3.63, 3.8) is 0 Å². The van der Waals surface area contributed by atoms with E-state index in [0.29, 0.717) is 24.3 Å². The third-order valence-corrected chi connectivity index (χ3v) is 5.14. The van der Waals surface area contributed by atoms with Gasteiger partial charge in [0.15, 0.2) is 17.4 Å². The minimum absolute atomic E-state index is 0.0768. The van der Waals surface area contributed by atoms with E-state index in [0.717, 1.165) is 12.5 Å². The molecule has 0 radical (unpaired) electrons. The topological polar surface area (TPSA) is 18.5 Å². The van der Waals surface area contributed by atoms with Gasteiger partial charge in [-0.2, -0.15) is 8.78 Å². The minimum atomic E-state index is -4.51. The van der Waals surface area contributed by atoms with Gasteiger partial charge in [-0.05, 0) is 35.7 Å². The molecule has 0 fully saturated rings. The molecule has 0 aromatic heterocycles. The van der Waals surface area contributed by atoms with Crippen molar-refractivity contribution in [1.29, 1.82) is 0 Å². The summed E-state index contributed by atoms with van der Waals surface area (Å²) in [5, 5.41) is -0.829. The summed E-state index contributed by atoms with van der Waals surface area (Å²) in [6.45, 7) is 1.90. The number of benzene rings is 3. The van der Waals surface area contributed by atoms with E-state index in [4.69, 9.17) is 11.6 Å². The second-order valence-corrected chi connectivity index (χ2v) is 7.90. The molecular weight excluding hydrogens is 520 g/mol. The molecule has 0 N–H and O–H groups in total. The van der Waals surface area contributed by atoms with Crippen molar-refractivity contribution in [1.82, 2.24) is 0 Å². The maximum absolute atomic E-state index is 14.8. The molecule has 0 spiro atoms. The van der Waals surface area contributed by atoms with Crippen LogP contribution in [0.3, 0.4) is 0 Å². The average molecular weight is 537 g/mol. The van der Waals surface area contributed by atoms with E-state index < -0.39 is 57.9 Å². The van der Waals surface area contributed by atoms with E-state index in [1.165, 1.54) is 12.1 Å². The molecule has 0 unspecified atom stereocenters. The molecule has 192 valence electrons. The van der Waals surface area contributed by atoms with Crippen LogP contribution in [0.15, 0.2) is 54.8 Å². The fourth-order valence-corrected chi connectivity index (χ4v) is 3.64. The van der Waals surface area contributed by atoms with Crippen LogP contribution in [0.5, 0.6) is 11.5 Å². The van der Waals surface area contributed by atoms with Crippen LogP contribution in [0.25, 0.3) is 11.1 Å². The number of halogens is 9. The molecular formula is C25H17ClF8O2. The van der Waals surface area contributed by atoms with Gasteiger partial charge in [-0.3, -0.25) is 0 Å². The maximum atomic E-state index is 14.8. The first-order valence-corrected chi connectivity index (χ1v) is 10.8. The smallest absolute Gasteiger partial charge is 0.431 e. The number of rotatable bonds is 9. The zero-order valence-corrected chi connectivity index (χ0v) is 19.2. The zero-order chi connectivity index (χ0) is 26.6. The van der Waals surface area contributed by atoms with Crippen molar-refractivity contribution < 1.29 is 44.6 Å². The van der Waals surface area contributed by atoms with Crippen LogP contribution in [-0.4, -0.2) is 6.43 Å². The summed E-state index contributed by atoms with van der Waals surface area (Å²) in [4.78, 5) is 0. The fraction of sp³-hybridized carbons (Fsp3) is 0.200. The van der Waals surface area contributed by atoms with Crippen molar-refractivity contribution in [3.8, 4) is 22.6 Å². The second-order valence-electron chi connectivity index (χ2n) is 7.49. The lowest BCUT2D eigenvalue weighted by Gasteiger charge is -2.21. The average Bonchev–Trinajstić information content (AvgIpc) is 2.74. The van der Waals surface area contributed by atoms with Gasteiger partial charge in [-0.25, -0.2) is 26.3 Å². The maximum Gasteiger partial charge on any atom is 0.431 e. The molecule has 0 heterocycles. The molecule has 0 aliphatic carbocycles. The summed E-state index contributed by atoms with van der Waals surface area (Å²) in [5.41, 5.74) is -0.945. The van der Waals surface area contributed by atoms with E-state index in [1.807, 2.05) is 6.92 Å². The van der Waals surface area contributed by atoms with Gasteiger partial charge in [-0.15, -0.1) is 0 Å². The van der Waals surface area contributed by atoms with Crippen LogP contribution in [0.1, 0.15) is 24.5 Å². The highest BCUT2D eigenvalue weighted by atomic mass is 35.5. The minimum Gasteiger partial charge on any atom is -0.459 e. The van der Waals surface area contributed by atoms with Gasteiger partial charge >= 0.3 is 6.11 Å². The van der Waals surface area contributed by atoms with Crippen molar-refractivity contribution >= 4 is 11.6 Å². The van der Waals surface area contributed by atoms with Gasteiger partial charge < -0.3 is 9.47 Å². The molecule has 0 saturated carbocycles. The molecule has 0 saturated heterocycles. The molecule has 0 aliphatic rings. The number of hydrogen-bond acceptors (Lipinski definition) is 2. The Morgan fingerprint density at radius 3 is 2.14 bits per heavy atom. The summed E-state index contributed by atoms with van der Waals surface area (Å²) in [5.74, 6) is -7.59. The van der Waals surface area contributed by atoms with Crippen LogP contribution in [-0.2, 0) is 12.5 Å². The molecule has 0 atom stereocenters. The van der Waals surface area contributed by atoms with Crippen molar-refractivity contribution in [3.05, 3.63) is 94.2 Å². The third kappa shape index (κ3) is 6.29. The Bertz CT molecular complexity index is 1230. The van der Waals surface area contributed by atoms with Gasteiger partial charge in [0, 0.05) is 23.8 Å². The van der Waals surface area contributed by atoms with E-state index in [9.17, 15) is 35.1 Å². The molecule has 3 aromatic rings. The van der Waals surface area contributed by atoms with Crippen molar-refractivity contribution in [2.75, 3.05) is 0 Å². The molecule has 0 bridgehead atoms. The summed E-state index contributed by atoms with van der Waals surface area (Å²) in [6, 6.07) is 6.33. The first kappa shape index (κ1) is 27.3.